The number of aromatic nitrogens is 4. The number of benzene rings is 1. The molecule has 0 unspecified atom stereocenters. The van der Waals surface area contributed by atoms with Gasteiger partial charge in [0.25, 0.3) is 11.1 Å². The molecule has 0 aliphatic heterocycles. The van der Waals surface area contributed by atoms with E-state index >= 15 is 0 Å². The molecule has 4 rings (SSSR count). The van der Waals surface area contributed by atoms with Crippen LogP contribution in [0, 0.1) is 44.8 Å². The van der Waals surface area contributed by atoms with Crippen LogP contribution < -0.4 is 5.32 Å². The molecule has 1 amide bonds. The average molecular weight is 483 g/mol. The van der Waals surface area contributed by atoms with Crippen LogP contribution in [0.5, 0.6) is 0 Å². The first-order valence-corrected chi connectivity index (χ1v) is 11.7. The Morgan fingerprint density at radius 1 is 1.24 bits per heavy atom. The van der Waals surface area contributed by atoms with E-state index in [9.17, 15) is 14.4 Å². The molecule has 0 bridgehead atoms. The van der Waals surface area contributed by atoms with Gasteiger partial charge in [-0.2, -0.15) is 5.26 Å². The first-order chi connectivity index (χ1) is 15.8. The van der Waals surface area contributed by atoms with Crippen molar-refractivity contribution in [2.75, 3.05) is 11.1 Å². The van der Waals surface area contributed by atoms with Crippen LogP contribution >= 0.6 is 23.1 Å². The number of anilines is 1. The number of halogens is 1. The van der Waals surface area contributed by atoms with E-state index in [0.29, 0.717) is 23.0 Å². The van der Waals surface area contributed by atoms with Crippen molar-refractivity contribution in [2.24, 2.45) is 0 Å². The summed E-state index contributed by atoms with van der Waals surface area (Å²) in [7, 11) is 0. The van der Waals surface area contributed by atoms with Crippen LogP contribution in [0.25, 0.3) is 16.5 Å². The highest BCUT2D eigenvalue weighted by Gasteiger charge is 2.22. The van der Waals surface area contributed by atoms with Gasteiger partial charge >= 0.3 is 0 Å². The molecule has 4 aromatic rings. The number of nitrogens with zero attached hydrogens (tertiary/aromatic N) is 5. The van der Waals surface area contributed by atoms with Crippen molar-refractivity contribution in [1.82, 2.24) is 19.7 Å². The lowest BCUT2D eigenvalue weighted by Gasteiger charge is -2.13. The fourth-order valence-electron chi connectivity index (χ4n) is 3.36. The third kappa shape index (κ3) is 4.53. The summed E-state index contributed by atoms with van der Waals surface area (Å²) in [5, 5.41) is 21.7. The smallest absolute Gasteiger partial charge is 0.277 e. The number of hydrogen-bond donors (Lipinski definition) is 1. The monoisotopic (exact) mass is 482 g/mol. The molecule has 0 atom stereocenters. The Morgan fingerprint density at radius 3 is 2.61 bits per heavy atom. The first-order valence-electron chi connectivity index (χ1n) is 9.87. The standard InChI is InChI=1S/C22H19FN6O2S2/c1-11-13(3)29(16-7-5-15(23)6-8-16)20(17(11)9-24)26-18(30)10-32-22-28-27-21(31-22)19-12(2)25-14(4)33-19/h5-8H,10H2,1-4H3,(H,26,30). The van der Waals surface area contributed by atoms with Gasteiger partial charge in [-0.15, -0.1) is 21.5 Å². The summed E-state index contributed by atoms with van der Waals surface area (Å²) in [5.41, 5.74) is 3.32. The van der Waals surface area contributed by atoms with Crippen LogP contribution in [0.4, 0.5) is 10.2 Å². The van der Waals surface area contributed by atoms with Gasteiger partial charge in [0, 0.05) is 11.4 Å². The third-order valence-corrected chi connectivity index (χ3v) is 6.88. The Kier molecular flexibility index (Phi) is 6.31. The van der Waals surface area contributed by atoms with Crippen LogP contribution in [0.15, 0.2) is 33.9 Å². The van der Waals surface area contributed by atoms with Gasteiger partial charge < -0.3 is 9.73 Å². The number of rotatable bonds is 6. The zero-order chi connectivity index (χ0) is 23.7. The molecule has 0 aliphatic carbocycles. The Balaban J connectivity index is 1.52. The highest BCUT2D eigenvalue weighted by Crippen LogP contribution is 2.32. The number of nitriles is 1. The van der Waals surface area contributed by atoms with Crippen LogP contribution in [-0.4, -0.2) is 31.4 Å². The minimum atomic E-state index is -0.370. The van der Waals surface area contributed by atoms with E-state index in [2.05, 4.69) is 26.6 Å². The second-order valence-electron chi connectivity index (χ2n) is 7.22. The molecular formula is C22H19FN6O2S2. The number of hydrogen-bond acceptors (Lipinski definition) is 8. The van der Waals surface area contributed by atoms with Crippen molar-refractivity contribution in [3.05, 3.63) is 57.6 Å². The molecule has 0 fully saturated rings. The quantitative estimate of drug-likeness (QED) is 0.387. The van der Waals surface area contributed by atoms with E-state index in [1.54, 1.807) is 23.6 Å². The van der Waals surface area contributed by atoms with Gasteiger partial charge in [0.05, 0.1) is 22.0 Å². The minimum absolute atomic E-state index is 0.000104. The lowest BCUT2D eigenvalue weighted by atomic mass is 10.2. The normalized spacial score (nSPS) is 10.9. The number of nitrogens with one attached hydrogen (secondary N) is 1. The fraction of sp³-hybridized carbons (Fsp3) is 0.227. The van der Waals surface area contributed by atoms with Crippen molar-refractivity contribution in [1.29, 1.82) is 5.26 Å². The van der Waals surface area contributed by atoms with Crippen molar-refractivity contribution >= 4 is 34.8 Å². The van der Waals surface area contributed by atoms with Crippen molar-refractivity contribution in [2.45, 2.75) is 32.9 Å². The number of amides is 1. The predicted molar refractivity (Wildman–Crippen MR) is 124 cm³/mol. The second-order valence-corrected chi connectivity index (χ2v) is 9.34. The summed E-state index contributed by atoms with van der Waals surface area (Å²) in [6, 6.07) is 8.00. The molecular weight excluding hydrogens is 463 g/mol. The number of carbonyl (C=O) groups excluding carboxylic acids is 1. The Hall–Kier alpha value is -3.49. The summed E-state index contributed by atoms with van der Waals surface area (Å²) in [6.07, 6.45) is 0. The zero-order valence-electron chi connectivity index (χ0n) is 18.3. The van der Waals surface area contributed by atoms with Gasteiger partial charge in [-0.05, 0) is 57.5 Å². The van der Waals surface area contributed by atoms with E-state index < -0.39 is 0 Å². The number of thiazole rings is 1. The van der Waals surface area contributed by atoms with E-state index in [4.69, 9.17) is 4.42 Å². The molecule has 33 heavy (non-hydrogen) atoms. The largest absolute Gasteiger partial charge is 0.410 e. The molecule has 0 spiro atoms. The summed E-state index contributed by atoms with van der Waals surface area (Å²) < 4.78 is 20.8. The molecule has 168 valence electrons. The van der Waals surface area contributed by atoms with Crippen molar-refractivity contribution < 1.29 is 13.6 Å². The lowest BCUT2D eigenvalue weighted by molar-refractivity contribution is -0.113. The van der Waals surface area contributed by atoms with Crippen LogP contribution in [0.3, 0.4) is 0 Å². The van der Waals surface area contributed by atoms with Crippen molar-refractivity contribution in [3.8, 4) is 22.5 Å². The van der Waals surface area contributed by atoms with Gasteiger partial charge in [0.1, 0.15) is 22.6 Å². The van der Waals surface area contributed by atoms with E-state index in [1.807, 2.05) is 20.8 Å². The molecule has 0 radical (unpaired) electrons. The summed E-state index contributed by atoms with van der Waals surface area (Å²) in [5.74, 6) is -0.0110. The van der Waals surface area contributed by atoms with Gasteiger partial charge in [0.15, 0.2) is 0 Å². The van der Waals surface area contributed by atoms with Gasteiger partial charge in [-0.1, -0.05) is 11.8 Å². The minimum Gasteiger partial charge on any atom is -0.410 e. The molecule has 0 saturated carbocycles. The number of thioether (sulfide) groups is 1. The fourth-order valence-corrected chi connectivity index (χ4v) is 4.76. The Morgan fingerprint density at radius 2 is 1.97 bits per heavy atom. The van der Waals surface area contributed by atoms with E-state index in [0.717, 1.165) is 38.6 Å². The third-order valence-electron chi connectivity index (χ3n) is 5.00. The van der Waals surface area contributed by atoms with Crippen LogP contribution in [-0.2, 0) is 4.79 Å². The lowest BCUT2D eigenvalue weighted by Crippen LogP contribution is -2.17. The Labute approximate surface area is 197 Å². The predicted octanol–water partition coefficient (Wildman–Crippen LogP) is 4.96. The summed E-state index contributed by atoms with van der Waals surface area (Å²) >= 11 is 2.56. The van der Waals surface area contributed by atoms with E-state index in [-0.39, 0.29) is 22.7 Å². The highest BCUT2D eigenvalue weighted by molar-refractivity contribution is 7.99. The maximum atomic E-state index is 13.4. The molecule has 0 saturated heterocycles. The maximum absolute atomic E-state index is 13.4. The van der Waals surface area contributed by atoms with Gasteiger partial charge in [-0.3, -0.25) is 9.36 Å². The van der Waals surface area contributed by atoms with Gasteiger partial charge in [-0.25, -0.2) is 9.37 Å². The molecule has 0 aliphatic rings. The van der Waals surface area contributed by atoms with E-state index in [1.165, 1.54) is 23.5 Å². The topological polar surface area (TPSA) is 110 Å². The van der Waals surface area contributed by atoms with Crippen LogP contribution in [0.1, 0.15) is 27.5 Å². The summed E-state index contributed by atoms with van der Waals surface area (Å²) in [4.78, 5) is 17.9. The first kappa shape index (κ1) is 22.7. The molecule has 3 heterocycles. The highest BCUT2D eigenvalue weighted by atomic mass is 32.2. The number of carbonyl (C=O) groups is 1. The summed E-state index contributed by atoms with van der Waals surface area (Å²) in [6.45, 7) is 7.42. The van der Waals surface area contributed by atoms with Crippen molar-refractivity contribution in [3.63, 3.8) is 0 Å². The molecule has 3 aromatic heterocycles. The molecule has 1 N–H and O–H groups in total. The molecule has 8 nitrogen and oxygen atoms in total. The maximum Gasteiger partial charge on any atom is 0.277 e. The van der Waals surface area contributed by atoms with Gasteiger partial charge in [0.2, 0.25) is 5.91 Å². The molecule has 11 heteroatoms. The van der Waals surface area contributed by atoms with Crippen LogP contribution in [0.2, 0.25) is 0 Å². The average Bonchev–Trinajstić information content (AvgIpc) is 3.44. The molecule has 1 aromatic carbocycles. The zero-order valence-corrected chi connectivity index (χ0v) is 19.9. The Bertz CT molecular complexity index is 1380. The number of aryl methyl sites for hydroxylation is 2. The SMILES string of the molecule is Cc1nc(C)c(-c2nnc(SCC(=O)Nc3c(C#N)c(C)c(C)n3-c3ccc(F)cc3)o2)s1. The second kappa shape index (κ2) is 9.17.